The molecule has 10 aromatic heterocycles. The van der Waals surface area contributed by atoms with E-state index in [1.165, 1.54) is 23.6 Å². The molecule has 0 amide bonds. The number of ether oxygens (including phenoxy) is 4. The Labute approximate surface area is 674 Å². The third-order valence-corrected chi connectivity index (χ3v) is 20.1. The van der Waals surface area contributed by atoms with Crippen molar-refractivity contribution in [1.82, 2.24) is 63.7 Å². The van der Waals surface area contributed by atoms with Crippen LogP contribution < -0.4 is 16.7 Å². The van der Waals surface area contributed by atoms with E-state index < -0.39 is 48.4 Å². The molecule has 14 rings (SSSR count). The van der Waals surface area contributed by atoms with E-state index >= 15 is 0 Å². The van der Waals surface area contributed by atoms with Crippen LogP contribution in [0.1, 0.15) is 107 Å². The van der Waals surface area contributed by atoms with Crippen molar-refractivity contribution in [2.24, 2.45) is 5.84 Å². The average Bonchev–Trinajstić information content (AvgIpc) is 1.58. The number of carbonyl (C=O) groups is 2. The van der Waals surface area contributed by atoms with Gasteiger partial charge in [0.05, 0.1) is 44.8 Å². The van der Waals surface area contributed by atoms with Gasteiger partial charge >= 0.3 is 19.1 Å². The van der Waals surface area contributed by atoms with Gasteiger partial charge in [-0.05, 0) is 225 Å². The smallest absolute Gasteiger partial charge is 0.464 e. The topological polar surface area (TPSA) is 292 Å². The summed E-state index contributed by atoms with van der Waals surface area (Å²) in [7, 11) is -1.46. The number of hydrazine groups is 1. The summed E-state index contributed by atoms with van der Waals surface area (Å²) >= 11 is 28.7. The van der Waals surface area contributed by atoms with Gasteiger partial charge in [0.2, 0.25) is 5.95 Å². The summed E-state index contributed by atoms with van der Waals surface area (Å²) in [5.41, 5.74) is 13.7. The number of aromatic nitrogens is 13. The largest absolute Gasteiger partial charge is 0.488 e. The molecule has 0 fully saturated rings. The van der Waals surface area contributed by atoms with Gasteiger partial charge in [-0.2, -0.15) is 4.39 Å². The number of rotatable bonds is 13. The van der Waals surface area contributed by atoms with Crippen molar-refractivity contribution in [3.05, 3.63) is 225 Å². The van der Waals surface area contributed by atoms with Crippen molar-refractivity contribution in [2.45, 2.75) is 113 Å². The van der Waals surface area contributed by atoms with Crippen molar-refractivity contribution in [2.75, 3.05) is 18.6 Å². The highest BCUT2D eigenvalue weighted by atomic mass is 79.9. The van der Waals surface area contributed by atoms with Crippen molar-refractivity contribution >= 4 is 177 Å². The summed E-state index contributed by atoms with van der Waals surface area (Å²) in [6, 6.07) is 36.9. The lowest BCUT2D eigenvalue weighted by Crippen LogP contribution is -2.29. The molecule has 33 heteroatoms. The van der Waals surface area contributed by atoms with Gasteiger partial charge in [-0.25, -0.2) is 35.4 Å². The van der Waals surface area contributed by atoms with Crippen LogP contribution in [0, 0.1) is 40.6 Å². The second-order valence-corrected chi connectivity index (χ2v) is 32.6. The average molecular weight is 1800 g/mol. The number of pyridine rings is 5. The van der Waals surface area contributed by atoms with Gasteiger partial charge in [0.25, 0.3) is 0 Å². The van der Waals surface area contributed by atoms with Gasteiger partial charge in [0.1, 0.15) is 28.3 Å². The summed E-state index contributed by atoms with van der Waals surface area (Å²) in [6.45, 7) is 25.3. The Morgan fingerprint density at radius 3 is 1.43 bits per heavy atom. The van der Waals surface area contributed by atoms with Gasteiger partial charge in [0.15, 0.2) is 33.1 Å². The quantitative estimate of drug-likeness (QED) is 0.0274. The highest BCUT2D eigenvalue weighted by Crippen LogP contribution is 2.47. The number of halogens is 7. The number of anilines is 1. The first-order valence-corrected chi connectivity index (χ1v) is 38.8. The van der Waals surface area contributed by atoms with Crippen LogP contribution in [0.4, 0.5) is 10.2 Å². The number of carbonyl (C=O) groups excluding carboxylic acids is 2. The zero-order valence-electron chi connectivity index (χ0n) is 60.8. The molecule has 0 aliphatic rings. The van der Waals surface area contributed by atoms with Crippen LogP contribution >= 0.6 is 110 Å². The molecule has 562 valence electrons. The molecule has 0 aliphatic carbocycles. The fourth-order valence-corrected chi connectivity index (χ4v) is 14.6. The number of hydrogen-bond donors (Lipinski definition) is 4. The molecule has 108 heavy (non-hydrogen) atoms. The van der Waals surface area contributed by atoms with Crippen molar-refractivity contribution in [1.29, 1.82) is 0 Å². The number of nitrogen functional groups attached to an aromatic ring is 1. The first-order valence-electron chi connectivity index (χ1n) is 33.3. The van der Waals surface area contributed by atoms with E-state index in [1.807, 2.05) is 188 Å². The predicted molar refractivity (Wildman–Crippen MR) is 439 cm³/mol. The fourth-order valence-electron chi connectivity index (χ4n) is 10.8. The predicted octanol–water partition coefficient (Wildman–Crippen LogP) is 18.1. The summed E-state index contributed by atoms with van der Waals surface area (Å²) in [5, 5.41) is 43.9. The van der Waals surface area contributed by atoms with Crippen molar-refractivity contribution < 1.29 is 43.0 Å². The van der Waals surface area contributed by atoms with Gasteiger partial charge in [-0.3, -0.25) is 13.2 Å². The molecule has 10 heterocycles. The van der Waals surface area contributed by atoms with Gasteiger partial charge in [-0.15, -0.1) is 53.3 Å². The summed E-state index contributed by atoms with van der Waals surface area (Å²) in [5.74, 6) is 6.97. The van der Waals surface area contributed by atoms with E-state index in [2.05, 4.69) is 115 Å². The highest BCUT2D eigenvalue weighted by molar-refractivity contribution is 9.11. The molecule has 0 saturated carbocycles. The van der Waals surface area contributed by atoms with Crippen LogP contribution in [-0.2, 0) is 28.5 Å². The molecule has 5 N–H and O–H groups in total. The minimum atomic E-state index is -1.46. The zero-order chi connectivity index (χ0) is 78.5. The SMILES string of the molecule is CCOC(=O)[C@@H](OC(C)(C)C)c1c(C)cc2nc(-c3ccn4c(C)nnc4c3)sc2c1-c1ccc(Cl)cc1.CCOC(=O)[C@@H](OC(C)(C)C)c1c(C)cc2nc(Br)sc2c1-c1ccc(Cl)cc1.Cc1nnc2cc(B(O)O)ccn12.Cc1nnc2cc(Br)ccn12.Fc1cc(Br)ccn1.NNc1cc(Br)ccn1. The zero-order valence-corrected chi connectivity index (χ0v) is 70.3. The summed E-state index contributed by atoms with van der Waals surface area (Å²) in [4.78, 5) is 43.1. The fraction of sp³-hybridized carbons (Fsp3) is 0.253. The normalized spacial score (nSPS) is 11.8. The number of nitrogens with two attached hydrogens (primary N) is 1. The first-order chi connectivity index (χ1) is 51.2. The number of aryl methyl sites for hydroxylation is 5. The van der Waals surface area contributed by atoms with Crippen LogP contribution in [0.25, 0.3) is 70.2 Å². The van der Waals surface area contributed by atoms with E-state index in [0.29, 0.717) is 31.4 Å². The minimum absolute atomic E-state index is 0.260. The number of nitrogens with zero attached hydrogens (tertiary/aromatic N) is 13. The number of nitrogens with one attached hydrogen (secondary N) is 1. The Balaban J connectivity index is 0.000000166. The lowest BCUT2D eigenvalue weighted by atomic mass is 9.81. The second kappa shape index (κ2) is 37.5. The lowest BCUT2D eigenvalue weighted by molar-refractivity contribution is -0.167. The molecule has 4 aromatic carbocycles. The van der Waals surface area contributed by atoms with E-state index in [9.17, 15) is 14.0 Å². The molecule has 0 unspecified atom stereocenters. The van der Waals surface area contributed by atoms with Gasteiger partial charge < -0.3 is 34.4 Å². The van der Waals surface area contributed by atoms with Gasteiger partial charge in [-0.1, -0.05) is 95.3 Å². The monoisotopic (exact) mass is 1790 g/mol. The maximum Gasteiger partial charge on any atom is 0.488 e. The maximum absolute atomic E-state index is 13.3. The molecule has 23 nitrogen and oxygen atoms in total. The molecule has 0 saturated heterocycles. The molecular formula is C75H75BBr4Cl2FN15O8S2. The standard InChI is InChI=1S/C29H29ClN4O3S.C22H23BrClNO3S.C7H8BN3O2.C7H6BrN3.C5H3BrFN.C5H6BrN3/c1-7-36-28(35)25(37-29(4,5)6)23-16(2)14-21-26(24(23)18-8-10-20(30)11-9-18)38-27(31-21)19-12-13-34-17(3)32-33-22(34)15-19;1-6-27-20(26)18(28-22(3,4)5)16-12(2)11-15-19(29-21(23)25-15)17(16)13-7-9-14(24)10-8-13;1-5-9-10-7-4-6(8(12)13)2-3-11(5)7;1-5-9-10-7-4-6(8)2-3-11(5)7;6-4-1-2-8-5(7)3-4;6-4-1-2-8-5(3-4)9-7/h8-15,25H,7H2,1-6H3;7-11,18H,6H2,1-5H3;2-4,12-13H,1H3;2-4H,1H3;1-3H;1-3H,7H2,(H,8,9)/t25-;18-;;;;/m00..../s1. The third-order valence-electron chi connectivity index (χ3n) is 15.4. The van der Waals surface area contributed by atoms with Crippen LogP contribution in [0.15, 0.2) is 170 Å². The molecular weight excluding hydrogens is 1720 g/mol. The van der Waals surface area contributed by atoms with Crippen LogP contribution in [0.2, 0.25) is 10.0 Å². The van der Waals surface area contributed by atoms with E-state index in [4.69, 9.17) is 63.0 Å². The Bertz CT molecular complexity index is 5450. The number of fused-ring (bicyclic) bond motifs is 5. The van der Waals surface area contributed by atoms with Crippen LogP contribution in [0.5, 0.6) is 0 Å². The van der Waals surface area contributed by atoms with Crippen molar-refractivity contribution in [3.63, 3.8) is 0 Å². The van der Waals surface area contributed by atoms with Crippen LogP contribution in [0.3, 0.4) is 0 Å². The molecule has 0 aliphatic heterocycles. The Kier molecular flexibility index (Phi) is 29.1. The third kappa shape index (κ3) is 22.1. The Hall–Kier alpha value is -8.15. The van der Waals surface area contributed by atoms with E-state index in [-0.39, 0.29) is 13.2 Å². The van der Waals surface area contributed by atoms with E-state index in [1.54, 1.807) is 66.2 Å². The Morgan fingerprint density at radius 2 is 0.991 bits per heavy atom. The Morgan fingerprint density at radius 1 is 0.556 bits per heavy atom. The highest BCUT2D eigenvalue weighted by Gasteiger charge is 2.36. The van der Waals surface area contributed by atoms with Gasteiger partial charge in [0, 0.05) is 88.3 Å². The minimum Gasteiger partial charge on any atom is -0.464 e. The number of thiazole rings is 2. The molecule has 0 radical (unpaired) electrons. The maximum atomic E-state index is 13.3. The molecule has 2 atom stereocenters. The van der Waals surface area contributed by atoms with Crippen molar-refractivity contribution in [3.8, 4) is 32.8 Å². The molecule has 14 aromatic rings. The lowest BCUT2D eigenvalue weighted by Gasteiger charge is -2.29. The number of esters is 2. The summed E-state index contributed by atoms with van der Waals surface area (Å²) in [6.07, 6.45) is 6.90. The first kappa shape index (κ1) is 83.9. The second-order valence-electron chi connectivity index (χ2n) is 25.7. The van der Waals surface area contributed by atoms with Crippen LogP contribution in [-0.4, -0.2) is 117 Å². The number of benzene rings is 4. The number of hydrogen-bond acceptors (Lipinski definition) is 22. The van der Waals surface area contributed by atoms with E-state index in [0.717, 1.165) is 117 Å². The molecule has 0 bridgehead atoms. The summed E-state index contributed by atoms with van der Waals surface area (Å²) < 4.78 is 46.5. The molecule has 0 spiro atoms.